The Hall–Kier alpha value is -1.84. The van der Waals surface area contributed by atoms with Crippen molar-refractivity contribution in [3.8, 4) is 0 Å². The van der Waals surface area contributed by atoms with Gasteiger partial charge < -0.3 is 10.1 Å². The van der Waals surface area contributed by atoms with E-state index in [0.717, 1.165) is 55.2 Å². The molecular formula is C24H28ClNO2. The molecule has 0 spiro atoms. The molecule has 2 aromatic rings. The molecule has 0 radical (unpaired) electrons. The van der Waals surface area contributed by atoms with Gasteiger partial charge in [-0.3, -0.25) is 4.79 Å². The van der Waals surface area contributed by atoms with Crippen LogP contribution in [0.2, 0.25) is 5.02 Å². The Kier molecular flexibility index (Phi) is 5.75. The van der Waals surface area contributed by atoms with Crippen molar-refractivity contribution in [1.29, 1.82) is 0 Å². The highest BCUT2D eigenvalue weighted by molar-refractivity contribution is 6.31. The molecule has 1 N–H and O–H groups in total. The Balaban J connectivity index is 1.42. The van der Waals surface area contributed by atoms with Crippen LogP contribution in [0.1, 0.15) is 62.0 Å². The number of rotatable bonds is 6. The molecule has 1 aliphatic carbocycles. The molecule has 1 saturated carbocycles. The van der Waals surface area contributed by atoms with Crippen molar-refractivity contribution in [2.45, 2.75) is 50.9 Å². The number of hydrogen-bond donors (Lipinski definition) is 1. The zero-order valence-electron chi connectivity index (χ0n) is 16.4. The summed E-state index contributed by atoms with van der Waals surface area (Å²) in [4.78, 5) is 12.8. The molecule has 1 saturated heterocycles. The molecule has 1 aliphatic heterocycles. The molecule has 0 bridgehead atoms. The maximum atomic E-state index is 12.8. The van der Waals surface area contributed by atoms with Crippen molar-refractivity contribution in [2.75, 3.05) is 18.5 Å². The molecule has 4 rings (SSSR count). The van der Waals surface area contributed by atoms with E-state index in [9.17, 15) is 4.79 Å². The first-order chi connectivity index (χ1) is 13.5. The van der Waals surface area contributed by atoms with Gasteiger partial charge in [-0.1, -0.05) is 48.9 Å². The topological polar surface area (TPSA) is 38.3 Å². The Morgan fingerprint density at radius 1 is 1.14 bits per heavy atom. The van der Waals surface area contributed by atoms with Gasteiger partial charge in [0.25, 0.3) is 0 Å². The van der Waals surface area contributed by atoms with Gasteiger partial charge in [0.15, 0.2) is 0 Å². The summed E-state index contributed by atoms with van der Waals surface area (Å²) in [7, 11) is 0. The fourth-order valence-electron chi connectivity index (χ4n) is 4.30. The predicted molar refractivity (Wildman–Crippen MR) is 114 cm³/mol. The highest BCUT2D eigenvalue weighted by atomic mass is 35.5. The third kappa shape index (κ3) is 4.42. The lowest BCUT2D eigenvalue weighted by atomic mass is 9.82. The van der Waals surface area contributed by atoms with E-state index < -0.39 is 0 Å². The van der Waals surface area contributed by atoms with Crippen LogP contribution in [0.5, 0.6) is 0 Å². The zero-order chi connectivity index (χ0) is 19.6. The Bertz CT molecular complexity index is 823. The largest absolute Gasteiger partial charge is 0.381 e. The minimum Gasteiger partial charge on any atom is -0.381 e. The molecule has 3 nitrogen and oxygen atoms in total. The normalized spacial score (nSPS) is 19.8. The van der Waals surface area contributed by atoms with Crippen molar-refractivity contribution < 1.29 is 9.53 Å². The third-order valence-electron chi connectivity index (χ3n) is 6.44. The van der Waals surface area contributed by atoms with Gasteiger partial charge >= 0.3 is 0 Å². The smallest absolute Gasteiger partial charge is 0.225 e. The van der Waals surface area contributed by atoms with Gasteiger partial charge in [0.1, 0.15) is 0 Å². The van der Waals surface area contributed by atoms with Crippen LogP contribution in [-0.4, -0.2) is 19.1 Å². The lowest BCUT2D eigenvalue weighted by Crippen LogP contribution is -2.21. The average molecular weight is 398 g/mol. The van der Waals surface area contributed by atoms with Crippen LogP contribution in [0.25, 0.3) is 0 Å². The van der Waals surface area contributed by atoms with Gasteiger partial charge in [0, 0.05) is 30.3 Å². The summed E-state index contributed by atoms with van der Waals surface area (Å²) < 4.78 is 5.45. The molecule has 1 amide bonds. The molecule has 1 unspecified atom stereocenters. The van der Waals surface area contributed by atoms with Crippen LogP contribution < -0.4 is 5.32 Å². The van der Waals surface area contributed by atoms with Crippen molar-refractivity contribution in [1.82, 2.24) is 0 Å². The molecule has 2 aliphatic rings. The lowest BCUT2D eigenvalue weighted by molar-refractivity contribution is -0.116. The van der Waals surface area contributed by atoms with Crippen LogP contribution in [0.15, 0.2) is 48.5 Å². The van der Waals surface area contributed by atoms with E-state index in [1.807, 2.05) is 30.3 Å². The van der Waals surface area contributed by atoms with Gasteiger partial charge in [-0.2, -0.15) is 0 Å². The van der Waals surface area contributed by atoms with Gasteiger partial charge in [-0.25, -0.2) is 0 Å². The number of halogens is 1. The van der Waals surface area contributed by atoms with Gasteiger partial charge in [0.2, 0.25) is 5.91 Å². The molecule has 148 valence electrons. The Labute approximate surface area is 172 Å². The van der Waals surface area contributed by atoms with Crippen LogP contribution in [0.4, 0.5) is 5.69 Å². The van der Waals surface area contributed by atoms with E-state index >= 15 is 0 Å². The number of hydrogen-bond acceptors (Lipinski definition) is 2. The van der Waals surface area contributed by atoms with Crippen LogP contribution in [0, 0.1) is 5.41 Å². The van der Waals surface area contributed by atoms with Crippen molar-refractivity contribution in [3.05, 3.63) is 64.7 Å². The van der Waals surface area contributed by atoms with Gasteiger partial charge in [-0.15, -0.1) is 0 Å². The maximum Gasteiger partial charge on any atom is 0.225 e. The Morgan fingerprint density at radius 3 is 2.46 bits per heavy atom. The lowest BCUT2D eigenvalue weighted by Gasteiger charge is -2.25. The minimum absolute atomic E-state index is 0.0526. The van der Waals surface area contributed by atoms with E-state index in [1.165, 1.54) is 5.56 Å². The molecule has 0 aromatic heterocycles. The van der Waals surface area contributed by atoms with Crippen molar-refractivity contribution in [2.24, 2.45) is 5.41 Å². The number of nitrogens with one attached hydrogen (secondary N) is 1. The minimum atomic E-state index is 0.0526. The quantitative estimate of drug-likeness (QED) is 0.635. The first kappa shape index (κ1) is 19.5. The summed E-state index contributed by atoms with van der Waals surface area (Å²) >= 11 is 6.45. The summed E-state index contributed by atoms with van der Waals surface area (Å²) in [5.74, 6) is 0.775. The molecule has 4 heteroatoms. The van der Waals surface area contributed by atoms with Crippen LogP contribution in [-0.2, 0) is 9.53 Å². The fourth-order valence-corrected chi connectivity index (χ4v) is 4.57. The number of carbonyl (C=O) groups is 1. The SMILES string of the molecule is CC1(C(CC(=O)Nc2ccc(C3CCOCC3)cc2)c2ccccc2Cl)CC1. The highest BCUT2D eigenvalue weighted by Gasteiger charge is 2.46. The van der Waals surface area contributed by atoms with Gasteiger partial charge in [-0.05, 0) is 72.3 Å². The molecule has 1 atom stereocenters. The number of ether oxygens (including phenoxy) is 1. The molecule has 28 heavy (non-hydrogen) atoms. The van der Waals surface area contributed by atoms with Crippen LogP contribution >= 0.6 is 11.6 Å². The molecule has 2 aromatic carbocycles. The summed E-state index contributed by atoms with van der Waals surface area (Å²) in [6.07, 6.45) is 4.90. The van der Waals surface area contributed by atoms with Crippen molar-refractivity contribution in [3.63, 3.8) is 0 Å². The fraction of sp³-hybridized carbons (Fsp3) is 0.458. The zero-order valence-corrected chi connectivity index (χ0v) is 17.2. The monoisotopic (exact) mass is 397 g/mol. The summed E-state index contributed by atoms with van der Waals surface area (Å²) in [5.41, 5.74) is 3.46. The van der Waals surface area contributed by atoms with E-state index in [4.69, 9.17) is 16.3 Å². The van der Waals surface area contributed by atoms with E-state index in [1.54, 1.807) is 0 Å². The second-order valence-electron chi connectivity index (χ2n) is 8.49. The number of amides is 1. The number of anilines is 1. The second-order valence-corrected chi connectivity index (χ2v) is 8.90. The van der Waals surface area contributed by atoms with E-state index in [-0.39, 0.29) is 17.2 Å². The van der Waals surface area contributed by atoms with Gasteiger partial charge in [0.05, 0.1) is 0 Å². The molecule has 1 heterocycles. The summed E-state index contributed by atoms with van der Waals surface area (Å²) in [6, 6.07) is 16.2. The second kappa shape index (κ2) is 8.26. The molecular weight excluding hydrogens is 370 g/mol. The van der Waals surface area contributed by atoms with Crippen molar-refractivity contribution >= 4 is 23.2 Å². The average Bonchev–Trinajstić information content (AvgIpc) is 3.46. The first-order valence-electron chi connectivity index (χ1n) is 10.3. The Morgan fingerprint density at radius 2 is 1.82 bits per heavy atom. The number of benzene rings is 2. The molecule has 2 fully saturated rings. The van der Waals surface area contributed by atoms with E-state index in [0.29, 0.717) is 12.3 Å². The number of carbonyl (C=O) groups excluding carboxylic acids is 1. The highest BCUT2D eigenvalue weighted by Crippen LogP contribution is 2.57. The maximum absolute atomic E-state index is 12.8. The van der Waals surface area contributed by atoms with Crippen LogP contribution in [0.3, 0.4) is 0 Å². The third-order valence-corrected chi connectivity index (χ3v) is 6.78. The summed E-state index contributed by atoms with van der Waals surface area (Å²) in [5, 5.41) is 3.84. The summed E-state index contributed by atoms with van der Waals surface area (Å²) in [6.45, 7) is 3.94. The standard InChI is InChI=1S/C24H28ClNO2/c1-24(12-13-24)21(20-4-2-3-5-22(20)25)16-23(27)26-19-8-6-17(7-9-19)18-10-14-28-15-11-18/h2-9,18,21H,10-16H2,1H3,(H,26,27). The van der Waals surface area contributed by atoms with E-state index in [2.05, 4.69) is 30.4 Å². The predicted octanol–water partition coefficient (Wildman–Crippen LogP) is 6.15. The first-order valence-corrected chi connectivity index (χ1v) is 10.6.